The van der Waals surface area contributed by atoms with E-state index in [1.165, 1.54) is 0 Å². The second kappa shape index (κ2) is 6.91. The van der Waals surface area contributed by atoms with E-state index in [-0.39, 0.29) is 12.0 Å². The zero-order valence-electron chi connectivity index (χ0n) is 13.2. The molecule has 0 aromatic carbocycles. The maximum atomic E-state index is 12.3. The van der Waals surface area contributed by atoms with Gasteiger partial charge in [-0.25, -0.2) is 9.78 Å². The number of carboxylic acid groups (broad SMARTS) is 1. The molecule has 0 fully saturated rings. The van der Waals surface area contributed by atoms with Crippen LogP contribution in [0.2, 0.25) is 0 Å². The fourth-order valence-corrected chi connectivity index (χ4v) is 3.43. The van der Waals surface area contributed by atoms with E-state index in [4.69, 9.17) is 5.11 Å². The molecule has 2 aromatic heterocycles. The second-order valence-electron chi connectivity index (χ2n) is 5.27. The minimum Gasteiger partial charge on any atom is -0.480 e. The molecular weight excluding hydrogens is 318 g/mol. The molecule has 124 valence electrons. The van der Waals surface area contributed by atoms with E-state index < -0.39 is 17.9 Å². The van der Waals surface area contributed by atoms with Crippen LogP contribution < -0.4 is 10.9 Å². The van der Waals surface area contributed by atoms with Gasteiger partial charge in [0.25, 0.3) is 11.5 Å². The number of hydrogen-bond donors (Lipinski definition) is 3. The van der Waals surface area contributed by atoms with Crippen LogP contribution in [0, 0.1) is 6.92 Å². The highest BCUT2D eigenvalue weighted by Crippen LogP contribution is 2.27. The molecule has 0 saturated carbocycles. The van der Waals surface area contributed by atoms with Gasteiger partial charge < -0.3 is 15.4 Å². The molecule has 3 N–H and O–H groups in total. The van der Waals surface area contributed by atoms with E-state index in [9.17, 15) is 14.4 Å². The van der Waals surface area contributed by atoms with Gasteiger partial charge in [0, 0.05) is 6.42 Å². The van der Waals surface area contributed by atoms with Gasteiger partial charge in [-0.2, -0.15) is 0 Å². The number of hydrogen-bond acceptors (Lipinski definition) is 5. The molecular formula is C15H19N3O4S. The smallest absolute Gasteiger partial charge is 0.326 e. The Balaban J connectivity index is 2.44. The maximum Gasteiger partial charge on any atom is 0.326 e. The van der Waals surface area contributed by atoms with Crippen molar-refractivity contribution in [1.82, 2.24) is 15.3 Å². The number of fused-ring (bicyclic) bond motifs is 1. The van der Waals surface area contributed by atoms with Crippen molar-refractivity contribution in [2.45, 2.75) is 46.1 Å². The number of amides is 1. The van der Waals surface area contributed by atoms with Gasteiger partial charge >= 0.3 is 5.97 Å². The number of aryl methyl sites for hydroxylation is 2. The lowest BCUT2D eigenvalue weighted by atomic mass is 10.2. The van der Waals surface area contributed by atoms with Crippen molar-refractivity contribution in [3.05, 3.63) is 26.6 Å². The van der Waals surface area contributed by atoms with Crippen LogP contribution in [0.3, 0.4) is 0 Å². The first kappa shape index (κ1) is 17.1. The first-order chi connectivity index (χ1) is 10.9. The fraction of sp³-hybridized carbons (Fsp3) is 0.467. The summed E-state index contributed by atoms with van der Waals surface area (Å²) < 4.78 is 0. The Morgan fingerprint density at radius 3 is 2.65 bits per heavy atom. The third-order valence-electron chi connectivity index (χ3n) is 3.55. The van der Waals surface area contributed by atoms with Gasteiger partial charge in [-0.3, -0.25) is 9.59 Å². The van der Waals surface area contributed by atoms with Gasteiger partial charge in [0.15, 0.2) is 0 Å². The first-order valence-corrected chi connectivity index (χ1v) is 8.26. The van der Waals surface area contributed by atoms with E-state index >= 15 is 0 Å². The van der Waals surface area contributed by atoms with Gasteiger partial charge in [-0.05, 0) is 25.3 Å². The number of rotatable bonds is 6. The normalized spacial score (nSPS) is 12.3. The number of nitrogens with one attached hydrogen (secondary N) is 2. The van der Waals surface area contributed by atoms with Crippen molar-refractivity contribution in [3.8, 4) is 0 Å². The highest BCUT2D eigenvalue weighted by atomic mass is 32.1. The van der Waals surface area contributed by atoms with Crippen LogP contribution >= 0.6 is 11.3 Å². The summed E-state index contributed by atoms with van der Waals surface area (Å²) in [4.78, 5) is 43.5. The Labute approximate surface area is 136 Å². The Hall–Kier alpha value is -2.22. The Morgan fingerprint density at radius 1 is 1.39 bits per heavy atom. The van der Waals surface area contributed by atoms with Gasteiger partial charge in [0.05, 0.1) is 10.3 Å². The average molecular weight is 337 g/mol. The zero-order chi connectivity index (χ0) is 17.1. The monoisotopic (exact) mass is 337 g/mol. The molecule has 0 spiro atoms. The third kappa shape index (κ3) is 3.42. The molecule has 8 heteroatoms. The summed E-state index contributed by atoms with van der Waals surface area (Å²) in [6, 6.07) is -0.950. The van der Waals surface area contributed by atoms with E-state index in [2.05, 4.69) is 15.3 Å². The van der Waals surface area contributed by atoms with Crippen molar-refractivity contribution >= 4 is 33.4 Å². The summed E-state index contributed by atoms with van der Waals surface area (Å²) in [5.41, 5.74) is 0.260. The molecule has 1 unspecified atom stereocenters. The predicted molar refractivity (Wildman–Crippen MR) is 88.2 cm³/mol. The number of nitrogens with zero attached hydrogens (tertiary/aromatic N) is 1. The second-order valence-corrected chi connectivity index (χ2v) is 6.27. The summed E-state index contributed by atoms with van der Waals surface area (Å²) in [6.45, 7) is 5.34. The SMILES string of the molecule is CCCc1nc2sc(C(=O)NC(CC)C(=O)O)c(C)c2c(=O)[nH]1. The average Bonchev–Trinajstić information content (AvgIpc) is 2.82. The standard InChI is InChI=1S/C15H19N3O4S/c1-4-6-9-17-12(19)10-7(3)11(23-14(10)18-9)13(20)16-8(5-2)15(21)22/h8H,4-6H2,1-3H3,(H,16,20)(H,21,22)(H,17,18,19). The highest BCUT2D eigenvalue weighted by molar-refractivity contribution is 7.20. The number of aromatic amines is 1. The van der Waals surface area contributed by atoms with Gasteiger partial charge in [-0.1, -0.05) is 13.8 Å². The van der Waals surface area contributed by atoms with Crippen molar-refractivity contribution in [1.29, 1.82) is 0 Å². The summed E-state index contributed by atoms with van der Waals surface area (Å²) in [7, 11) is 0. The van der Waals surface area contributed by atoms with E-state index in [0.717, 1.165) is 17.8 Å². The van der Waals surface area contributed by atoms with Crippen molar-refractivity contribution in [2.24, 2.45) is 0 Å². The van der Waals surface area contributed by atoms with Crippen LogP contribution in [0.25, 0.3) is 10.2 Å². The first-order valence-electron chi connectivity index (χ1n) is 7.44. The lowest BCUT2D eigenvalue weighted by Crippen LogP contribution is -2.40. The maximum absolute atomic E-state index is 12.3. The number of aromatic nitrogens is 2. The van der Waals surface area contributed by atoms with E-state index in [1.54, 1.807) is 13.8 Å². The molecule has 0 saturated heterocycles. The number of carbonyl (C=O) groups excluding carboxylic acids is 1. The number of thiophene rings is 1. The van der Waals surface area contributed by atoms with Crippen molar-refractivity contribution in [3.63, 3.8) is 0 Å². The Bertz CT molecular complexity index is 809. The molecule has 0 radical (unpaired) electrons. The lowest BCUT2D eigenvalue weighted by Gasteiger charge is -2.11. The van der Waals surface area contributed by atoms with E-state index in [1.807, 2.05) is 6.92 Å². The zero-order valence-corrected chi connectivity index (χ0v) is 14.0. The molecule has 0 aliphatic rings. The summed E-state index contributed by atoms with van der Waals surface area (Å²) in [5, 5.41) is 11.9. The van der Waals surface area contributed by atoms with Crippen LogP contribution in [0.5, 0.6) is 0 Å². The topological polar surface area (TPSA) is 112 Å². The minimum absolute atomic E-state index is 0.267. The fourth-order valence-electron chi connectivity index (χ4n) is 2.32. The molecule has 2 aromatic rings. The molecule has 7 nitrogen and oxygen atoms in total. The summed E-state index contributed by atoms with van der Waals surface area (Å²) >= 11 is 1.11. The molecule has 23 heavy (non-hydrogen) atoms. The number of carboxylic acids is 1. The molecule has 0 aliphatic carbocycles. The molecule has 2 heterocycles. The Kier molecular flexibility index (Phi) is 5.15. The lowest BCUT2D eigenvalue weighted by molar-refractivity contribution is -0.139. The van der Waals surface area contributed by atoms with Crippen molar-refractivity contribution in [2.75, 3.05) is 0 Å². The molecule has 0 bridgehead atoms. The quantitative estimate of drug-likeness (QED) is 0.744. The van der Waals surface area contributed by atoms with Crippen LogP contribution in [-0.4, -0.2) is 33.0 Å². The van der Waals surface area contributed by atoms with Gasteiger partial charge in [-0.15, -0.1) is 11.3 Å². The Morgan fingerprint density at radius 2 is 2.09 bits per heavy atom. The van der Waals surface area contributed by atoms with Gasteiger partial charge in [0.1, 0.15) is 16.7 Å². The molecule has 0 aliphatic heterocycles. The molecule has 1 amide bonds. The van der Waals surface area contributed by atoms with E-state index in [0.29, 0.717) is 32.9 Å². The molecule has 1 atom stereocenters. The van der Waals surface area contributed by atoms with Crippen LogP contribution in [0.1, 0.15) is 47.7 Å². The minimum atomic E-state index is -1.08. The largest absolute Gasteiger partial charge is 0.480 e. The highest BCUT2D eigenvalue weighted by Gasteiger charge is 2.23. The van der Waals surface area contributed by atoms with Gasteiger partial charge in [0.2, 0.25) is 0 Å². The van der Waals surface area contributed by atoms with Crippen LogP contribution in [0.15, 0.2) is 4.79 Å². The number of aliphatic carboxylic acids is 1. The molecule has 2 rings (SSSR count). The van der Waals surface area contributed by atoms with Crippen LogP contribution in [0.4, 0.5) is 0 Å². The number of H-pyrrole nitrogens is 1. The van der Waals surface area contributed by atoms with Crippen molar-refractivity contribution < 1.29 is 14.7 Å². The predicted octanol–water partition coefficient (Wildman–Crippen LogP) is 1.84. The third-order valence-corrected chi connectivity index (χ3v) is 4.74. The summed E-state index contributed by atoms with van der Waals surface area (Å²) in [5.74, 6) is -0.979. The van der Waals surface area contributed by atoms with Crippen LogP contribution in [-0.2, 0) is 11.2 Å². The number of carbonyl (C=O) groups is 2. The summed E-state index contributed by atoms with van der Waals surface area (Å²) in [6.07, 6.45) is 1.79.